The number of hydrogen-bond donors (Lipinski definition) is 1. The Kier molecular flexibility index (Phi) is 5.31. The number of aromatic amines is 1. The molecule has 0 fully saturated rings. The van der Waals surface area contributed by atoms with Gasteiger partial charge in [-0.25, -0.2) is 4.39 Å². The molecular weight excluding hydrogens is 387 g/mol. The maximum atomic E-state index is 13.4. The molecule has 29 heavy (non-hydrogen) atoms. The second-order valence-electron chi connectivity index (χ2n) is 6.57. The van der Waals surface area contributed by atoms with E-state index in [9.17, 15) is 9.18 Å². The second kappa shape index (κ2) is 8.05. The van der Waals surface area contributed by atoms with E-state index in [2.05, 4.69) is 21.8 Å². The van der Waals surface area contributed by atoms with Crippen molar-refractivity contribution in [3.8, 4) is 11.3 Å². The maximum Gasteiger partial charge on any atom is 0.191 e. The van der Waals surface area contributed by atoms with E-state index in [-0.39, 0.29) is 17.4 Å². The number of para-hydroxylation sites is 1. The summed E-state index contributed by atoms with van der Waals surface area (Å²) < 4.78 is 15.3. The number of aryl methyl sites for hydroxylation is 1. The van der Waals surface area contributed by atoms with Crippen LogP contribution in [0.1, 0.15) is 16.2 Å². The molecule has 0 atom stereocenters. The number of hydrogen-bond acceptors (Lipinski definition) is 4. The third-order valence-corrected chi connectivity index (χ3v) is 5.63. The average molecular weight is 406 g/mol. The van der Waals surface area contributed by atoms with Gasteiger partial charge in [-0.05, 0) is 42.8 Å². The monoisotopic (exact) mass is 406 g/mol. The number of benzene rings is 2. The number of carbonyl (C=O) groups excluding carboxylic acids is 1. The molecule has 0 unspecified atom stereocenters. The van der Waals surface area contributed by atoms with Gasteiger partial charge in [-0.3, -0.25) is 4.79 Å². The fourth-order valence-electron chi connectivity index (χ4n) is 3.27. The van der Waals surface area contributed by atoms with Crippen molar-refractivity contribution < 1.29 is 9.18 Å². The molecule has 2 aromatic heterocycles. The molecule has 146 valence electrons. The number of fused-ring (bicyclic) bond motifs is 1. The zero-order valence-corrected chi connectivity index (χ0v) is 16.7. The Morgan fingerprint density at radius 3 is 2.72 bits per heavy atom. The lowest BCUT2D eigenvalue weighted by molar-refractivity contribution is 0.102. The first-order chi connectivity index (χ1) is 14.1. The molecule has 0 saturated heterocycles. The maximum absolute atomic E-state index is 13.4. The summed E-state index contributed by atoms with van der Waals surface area (Å²) in [4.78, 5) is 16.6. The Bertz CT molecular complexity index is 1190. The van der Waals surface area contributed by atoms with Crippen LogP contribution in [-0.2, 0) is 6.54 Å². The molecule has 0 aliphatic heterocycles. The number of halogens is 1. The van der Waals surface area contributed by atoms with E-state index >= 15 is 0 Å². The minimum Gasteiger partial charge on any atom is -0.354 e. The van der Waals surface area contributed by atoms with Gasteiger partial charge in [0.2, 0.25) is 0 Å². The predicted octanol–water partition coefficient (Wildman–Crippen LogP) is 5.03. The molecule has 0 radical (unpaired) electrons. The summed E-state index contributed by atoms with van der Waals surface area (Å²) in [6, 6.07) is 13.8. The highest BCUT2D eigenvalue weighted by Crippen LogP contribution is 2.32. The van der Waals surface area contributed by atoms with Crippen LogP contribution in [0.4, 0.5) is 4.39 Å². The van der Waals surface area contributed by atoms with Gasteiger partial charge in [0.15, 0.2) is 10.9 Å². The van der Waals surface area contributed by atoms with Crippen molar-refractivity contribution in [3.63, 3.8) is 0 Å². The lowest BCUT2D eigenvalue weighted by Gasteiger charge is -2.07. The smallest absolute Gasteiger partial charge is 0.191 e. The molecule has 0 bridgehead atoms. The number of thioether (sulfide) groups is 1. The normalized spacial score (nSPS) is 11.1. The van der Waals surface area contributed by atoms with E-state index in [1.54, 1.807) is 18.2 Å². The summed E-state index contributed by atoms with van der Waals surface area (Å²) in [5, 5.41) is 9.79. The second-order valence-corrected chi connectivity index (χ2v) is 7.51. The van der Waals surface area contributed by atoms with Gasteiger partial charge in [0.1, 0.15) is 11.6 Å². The van der Waals surface area contributed by atoms with Crippen molar-refractivity contribution in [3.05, 3.63) is 78.4 Å². The fraction of sp³-hybridized carbons (Fsp3) is 0.136. The summed E-state index contributed by atoms with van der Waals surface area (Å²) in [5.74, 6) is 0.646. The van der Waals surface area contributed by atoms with Crippen LogP contribution in [0, 0.1) is 12.7 Å². The topological polar surface area (TPSA) is 63.6 Å². The largest absolute Gasteiger partial charge is 0.354 e. The van der Waals surface area contributed by atoms with Gasteiger partial charge in [-0.15, -0.1) is 16.8 Å². The van der Waals surface area contributed by atoms with Gasteiger partial charge in [-0.2, -0.15) is 0 Å². The van der Waals surface area contributed by atoms with Gasteiger partial charge in [0.05, 0.1) is 17.0 Å². The lowest BCUT2D eigenvalue weighted by atomic mass is 10.0. The molecule has 0 aliphatic rings. The number of ketones is 1. The predicted molar refractivity (Wildman–Crippen MR) is 114 cm³/mol. The van der Waals surface area contributed by atoms with E-state index in [0.29, 0.717) is 23.0 Å². The number of allylic oxidation sites excluding steroid dienone is 1. The molecule has 0 aliphatic carbocycles. The fourth-order valence-corrected chi connectivity index (χ4v) is 4.14. The van der Waals surface area contributed by atoms with Crippen molar-refractivity contribution >= 4 is 28.4 Å². The van der Waals surface area contributed by atoms with Crippen LogP contribution in [0.2, 0.25) is 0 Å². The number of nitrogens with zero attached hydrogens (tertiary/aromatic N) is 3. The quantitative estimate of drug-likeness (QED) is 0.265. The third-order valence-electron chi connectivity index (χ3n) is 4.66. The van der Waals surface area contributed by atoms with E-state index in [1.807, 2.05) is 35.8 Å². The Labute approximate surface area is 171 Å². The van der Waals surface area contributed by atoms with Crippen molar-refractivity contribution in [2.24, 2.45) is 0 Å². The van der Waals surface area contributed by atoms with Crippen LogP contribution in [0.15, 0.2) is 66.3 Å². The number of H-pyrrole nitrogens is 1. The Morgan fingerprint density at radius 2 is 1.97 bits per heavy atom. The number of rotatable bonds is 7. The molecule has 2 aromatic carbocycles. The van der Waals surface area contributed by atoms with Crippen molar-refractivity contribution in [2.75, 3.05) is 5.75 Å². The van der Waals surface area contributed by atoms with Crippen molar-refractivity contribution in [1.29, 1.82) is 0 Å². The number of Topliss-reactive ketones (excluding diaryl/α,β-unsaturated/α-hetero) is 1. The van der Waals surface area contributed by atoms with Crippen LogP contribution in [0.5, 0.6) is 0 Å². The summed E-state index contributed by atoms with van der Waals surface area (Å²) in [7, 11) is 0. The van der Waals surface area contributed by atoms with Crippen LogP contribution < -0.4 is 0 Å². The molecule has 0 saturated carbocycles. The molecule has 5 nitrogen and oxygen atoms in total. The van der Waals surface area contributed by atoms with Gasteiger partial charge < -0.3 is 9.55 Å². The molecule has 1 N–H and O–H groups in total. The van der Waals surface area contributed by atoms with E-state index in [0.717, 1.165) is 22.3 Å². The highest BCUT2D eigenvalue weighted by Gasteiger charge is 2.21. The first-order valence-electron chi connectivity index (χ1n) is 9.12. The van der Waals surface area contributed by atoms with Crippen LogP contribution in [-0.4, -0.2) is 31.3 Å². The molecule has 0 amide bonds. The first-order valence-corrected chi connectivity index (χ1v) is 10.1. The van der Waals surface area contributed by atoms with Crippen molar-refractivity contribution in [2.45, 2.75) is 18.6 Å². The van der Waals surface area contributed by atoms with Gasteiger partial charge in [0.25, 0.3) is 0 Å². The standard InChI is InChI=1S/C22H19FN4OS/c1-3-12-27-14(2)25-26-22(27)29-13-19(28)20-17-6-4-5-7-18(17)24-21(20)15-8-10-16(23)11-9-15/h3-11,24H,1,12-13H2,2H3. The van der Waals surface area contributed by atoms with Gasteiger partial charge >= 0.3 is 0 Å². The van der Waals surface area contributed by atoms with Crippen LogP contribution >= 0.6 is 11.8 Å². The van der Waals surface area contributed by atoms with Crippen LogP contribution in [0.3, 0.4) is 0 Å². The van der Waals surface area contributed by atoms with Gasteiger partial charge in [0, 0.05) is 17.4 Å². The molecule has 4 aromatic rings. The molecule has 0 spiro atoms. The minimum atomic E-state index is -0.315. The van der Waals surface area contributed by atoms with Gasteiger partial charge in [-0.1, -0.05) is 36.0 Å². The summed E-state index contributed by atoms with van der Waals surface area (Å²) in [6.07, 6.45) is 1.77. The molecule has 2 heterocycles. The third kappa shape index (κ3) is 3.73. The number of aromatic nitrogens is 4. The zero-order valence-electron chi connectivity index (χ0n) is 15.9. The number of nitrogens with one attached hydrogen (secondary N) is 1. The highest BCUT2D eigenvalue weighted by molar-refractivity contribution is 7.99. The lowest BCUT2D eigenvalue weighted by Crippen LogP contribution is -2.06. The summed E-state index contributed by atoms with van der Waals surface area (Å²) in [5.41, 5.74) is 2.93. The molecular formula is C22H19FN4OS. The van der Waals surface area contributed by atoms with E-state index in [4.69, 9.17) is 0 Å². The Balaban J connectivity index is 1.69. The van der Waals surface area contributed by atoms with E-state index < -0.39 is 0 Å². The Morgan fingerprint density at radius 1 is 1.21 bits per heavy atom. The number of carbonyl (C=O) groups is 1. The zero-order chi connectivity index (χ0) is 20.4. The molecule has 7 heteroatoms. The summed E-state index contributed by atoms with van der Waals surface area (Å²) >= 11 is 1.35. The minimum absolute atomic E-state index is 0.0300. The van der Waals surface area contributed by atoms with Crippen molar-refractivity contribution in [1.82, 2.24) is 19.7 Å². The summed E-state index contributed by atoms with van der Waals surface area (Å²) in [6.45, 7) is 6.21. The van der Waals surface area contributed by atoms with Crippen LogP contribution in [0.25, 0.3) is 22.2 Å². The Hall–Kier alpha value is -3.19. The first kappa shape index (κ1) is 19.1. The highest BCUT2D eigenvalue weighted by atomic mass is 32.2. The van der Waals surface area contributed by atoms with E-state index in [1.165, 1.54) is 23.9 Å². The SMILES string of the molecule is C=CCn1c(C)nnc1SCC(=O)c1c(-c2ccc(F)cc2)[nH]c2ccccc12. The average Bonchev–Trinajstić information content (AvgIpc) is 3.28. The molecule has 4 rings (SSSR count).